The Morgan fingerprint density at radius 1 is 1.25 bits per heavy atom. The lowest BCUT2D eigenvalue weighted by Gasteiger charge is -2.48. The van der Waals surface area contributed by atoms with Crippen molar-refractivity contribution >= 4 is 50.5 Å². The minimum Gasteiger partial charge on any atom is -0.351 e. The molecule has 0 spiro atoms. The van der Waals surface area contributed by atoms with Crippen molar-refractivity contribution in [3.8, 4) is 0 Å². The van der Waals surface area contributed by atoms with E-state index >= 15 is 0 Å². The maximum Gasteiger partial charge on any atom is 0.252 e. The van der Waals surface area contributed by atoms with Crippen molar-refractivity contribution < 1.29 is 17.6 Å². The third-order valence-corrected chi connectivity index (χ3v) is 9.12. The van der Waals surface area contributed by atoms with Crippen LogP contribution in [0.1, 0.15) is 21.6 Å². The van der Waals surface area contributed by atoms with Gasteiger partial charge in [-0.3, -0.25) is 9.78 Å². The number of hydrogen-bond donors (Lipinski definition) is 1. The fourth-order valence-electron chi connectivity index (χ4n) is 3.63. The van der Waals surface area contributed by atoms with Crippen molar-refractivity contribution in [2.24, 2.45) is 0 Å². The van der Waals surface area contributed by atoms with E-state index in [-0.39, 0.29) is 35.1 Å². The zero-order valence-electron chi connectivity index (χ0n) is 16.8. The highest BCUT2D eigenvalue weighted by atomic mass is 35.5. The summed E-state index contributed by atoms with van der Waals surface area (Å²) in [5.74, 6) is -0.997. The number of hydrogen-bond acceptors (Lipinski definition) is 5. The van der Waals surface area contributed by atoms with Gasteiger partial charge in [-0.25, -0.2) is 12.8 Å². The van der Waals surface area contributed by atoms with Crippen molar-refractivity contribution in [2.75, 3.05) is 19.6 Å². The molecule has 0 aliphatic carbocycles. The molecule has 3 aromatic rings. The number of aromatic nitrogens is 1. The molecule has 0 saturated carbocycles. The van der Waals surface area contributed by atoms with E-state index in [0.29, 0.717) is 9.36 Å². The van der Waals surface area contributed by atoms with E-state index in [1.165, 1.54) is 34.8 Å². The van der Waals surface area contributed by atoms with Gasteiger partial charge in [0.1, 0.15) is 10.0 Å². The number of pyridine rings is 1. The second-order valence-corrected chi connectivity index (χ2v) is 11.9. The summed E-state index contributed by atoms with van der Waals surface area (Å²) in [6.45, 7) is 1.76. The van der Waals surface area contributed by atoms with Crippen molar-refractivity contribution in [2.45, 2.75) is 16.5 Å². The molecule has 0 unspecified atom stereocenters. The first-order valence-electron chi connectivity index (χ1n) is 9.53. The number of aryl methyl sites for hydroxylation is 1. The number of carbonyl (C=O) groups excluding carboxylic acids is 1. The standard InChI is InChI=1S/C21H18Cl2FN3O3S2/c1-13-4-5-14(15(22)9-13)20(28)26-10-21(19-16(24)3-2-8-25-19)11-27(12-21)32(29,30)18-7-6-17(23)31-18/h2-9H,10-12H2,1H3,(H,26,28). The summed E-state index contributed by atoms with van der Waals surface area (Å²) in [6.07, 6.45) is 1.44. The summed E-state index contributed by atoms with van der Waals surface area (Å²) >= 11 is 13.0. The predicted molar refractivity (Wildman–Crippen MR) is 122 cm³/mol. The Kier molecular flexibility index (Phi) is 6.30. The van der Waals surface area contributed by atoms with E-state index < -0.39 is 27.2 Å². The Bertz CT molecular complexity index is 1290. The molecule has 0 atom stereocenters. The molecular formula is C21H18Cl2FN3O3S2. The van der Waals surface area contributed by atoms with Crippen molar-refractivity contribution in [1.29, 1.82) is 0 Å². The van der Waals surface area contributed by atoms with Crippen LogP contribution in [0.25, 0.3) is 0 Å². The Balaban J connectivity index is 1.59. The lowest BCUT2D eigenvalue weighted by molar-refractivity contribution is 0.0895. The monoisotopic (exact) mass is 513 g/mol. The molecule has 4 rings (SSSR count). The van der Waals surface area contributed by atoms with E-state index in [1.807, 2.05) is 6.92 Å². The van der Waals surface area contributed by atoms with Gasteiger partial charge in [0.25, 0.3) is 15.9 Å². The van der Waals surface area contributed by atoms with Gasteiger partial charge in [0.15, 0.2) is 0 Å². The van der Waals surface area contributed by atoms with Gasteiger partial charge >= 0.3 is 0 Å². The molecular weight excluding hydrogens is 496 g/mol. The van der Waals surface area contributed by atoms with Crippen LogP contribution < -0.4 is 5.32 Å². The number of nitrogens with zero attached hydrogens (tertiary/aromatic N) is 2. The quantitative estimate of drug-likeness (QED) is 0.533. The maximum atomic E-state index is 14.6. The fraction of sp³-hybridized carbons (Fsp3) is 0.238. The number of amides is 1. The maximum absolute atomic E-state index is 14.6. The average molecular weight is 514 g/mol. The lowest BCUT2D eigenvalue weighted by Crippen LogP contribution is -2.65. The average Bonchev–Trinajstić information content (AvgIpc) is 3.15. The summed E-state index contributed by atoms with van der Waals surface area (Å²) in [5, 5.41) is 3.07. The third-order valence-electron chi connectivity index (χ3n) is 5.32. The van der Waals surface area contributed by atoms with Crippen molar-refractivity contribution in [3.63, 3.8) is 0 Å². The minimum absolute atomic E-state index is 0.0127. The summed E-state index contributed by atoms with van der Waals surface area (Å²) in [7, 11) is -3.79. The zero-order valence-corrected chi connectivity index (χ0v) is 20.0. The lowest BCUT2D eigenvalue weighted by atomic mass is 9.77. The van der Waals surface area contributed by atoms with Crippen LogP contribution in [0.3, 0.4) is 0 Å². The first kappa shape index (κ1) is 23.1. The topological polar surface area (TPSA) is 79.4 Å². The second-order valence-electron chi connectivity index (χ2n) is 7.61. The predicted octanol–water partition coefficient (Wildman–Crippen LogP) is 4.27. The third kappa shape index (κ3) is 4.27. The van der Waals surface area contributed by atoms with Crippen LogP contribution in [-0.4, -0.2) is 43.2 Å². The molecule has 1 aliphatic rings. The molecule has 3 heterocycles. The van der Waals surface area contributed by atoms with Gasteiger partial charge in [-0.1, -0.05) is 29.3 Å². The van der Waals surface area contributed by atoms with Gasteiger partial charge in [0.05, 0.1) is 26.0 Å². The first-order valence-corrected chi connectivity index (χ1v) is 12.5. The Labute approximate surface area is 199 Å². The fourth-order valence-corrected chi connectivity index (χ4v) is 7.20. The molecule has 1 aromatic carbocycles. The summed E-state index contributed by atoms with van der Waals surface area (Å²) < 4.78 is 42.2. The van der Waals surface area contributed by atoms with Crippen LogP contribution in [0.2, 0.25) is 9.36 Å². The van der Waals surface area contributed by atoms with Crippen LogP contribution >= 0.6 is 34.5 Å². The largest absolute Gasteiger partial charge is 0.351 e. The first-order chi connectivity index (χ1) is 15.1. The van der Waals surface area contributed by atoms with Crippen molar-refractivity contribution in [3.05, 3.63) is 80.7 Å². The molecule has 1 N–H and O–H groups in total. The minimum atomic E-state index is -3.79. The van der Waals surface area contributed by atoms with E-state index in [2.05, 4.69) is 10.3 Å². The van der Waals surface area contributed by atoms with Crippen molar-refractivity contribution in [1.82, 2.24) is 14.6 Å². The summed E-state index contributed by atoms with van der Waals surface area (Å²) in [4.78, 5) is 16.9. The van der Waals surface area contributed by atoms with E-state index in [9.17, 15) is 17.6 Å². The molecule has 1 saturated heterocycles. The van der Waals surface area contributed by atoms with E-state index in [4.69, 9.17) is 23.2 Å². The van der Waals surface area contributed by atoms with Gasteiger partial charge in [-0.2, -0.15) is 4.31 Å². The van der Waals surface area contributed by atoms with Crippen LogP contribution in [0.4, 0.5) is 4.39 Å². The van der Waals surface area contributed by atoms with Crippen LogP contribution in [0, 0.1) is 12.7 Å². The van der Waals surface area contributed by atoms with Crippen LogP contribution in [0.15, 0.2) is 52.9 Å². The molecule has 32 heavy (non-hydrogen) atoms. The number of sulfonamides is 1. The number of carbonyl (C=O) groups is 1. The van der Waals surface area contributed by atoms with Gasteiger partial charge < -0.3 is 5.32 Å². The molecule has 11 heteroatoms. The van der Waals surface area contributed by atoms with Crippen LogP contribution in [-0.2, 0) is 15.4 Å². The molecule has 1 fully saturated rings. The van der Waals surface area contributed by atoms with E-state index in [1.54, 1.807) is 18.2 Å². The molecule has 1 amide bonds. The van der Waals surface area contributed by atoms with Crippen LogP contribution in [0.5, 0.6) is 0 Å². The van der Waals surface area contributed by atoms with E-state index in [0.717, 1.165) is 16.9 Å². The Morgan fingerprint density at radius 3 is 2.62 bits per heavy atom. The number of benzene rings is 1. The van der Waals surface area contributed by atoms with Gasteiger partial charge in [-0.15, -0.1) is 11.3 Å². The second kappa shape index (κ2) is 8.72. The number of nitrogens with one attached hydrogen (secondary N) is 1. The number of halogens is 3. The highest BCUT2D eigenvalue weighted by Gasteiger charge is 2.52. The molecule has 1 aliphatic heterocycles. The molecule has 0 bridgehead atoms. The smallest absolute Gasteiger partial charge is 0.252 e. The Hall–Kier alpha value is -2.04. The highest BCUT2D eigenvalue weighted by molar-refractivity contribution is 7.91. The molecule has 168 valence electrons. The normalized spacial score (nSPS) is 15.9. The van der Waals surface area contributed by atoms with Gasteiger partial charge in [0, 0.05) is 25.8 Å². The zero-order chi connectivity index (χ0) is 23.1. The number of rotatable bonds is 6. The Morgan fingerprint density at radius 2 is 2.00 bits per heavy atom. The molecule has 0 radical (unpaired) electrons. The number of thiophene rings is 1. The SMILES string of the molecule is Cc1ccc(C(=O)NCC2(c3ncccc3F)CN(S(=O)(=O)c3ccc(Cl)s3)C2)c(Cl)c1. The summed E-state index contributed by atoms with van der Waals surface area (Å²) in [5.41, 5.74) is 0.274. The molecule has 2 aromatic heterocycles. The van der Waals surface area contributed by atoms with Gasteiger partial charge in [-0.05, 0) is 48.9 Å². The molecule has 6 nitrogen and oxygen atoms in total. The van der Waals surface area contributed by atoms with Gasteiger partial charge in [0.2, 0.25) is 0 Å². The summed E-state index contributed by atoms with van der Waals surface area (Å²) in [6, 6.07) is 10.7. The highest BCUT2D eigenvalue weighted by Crippen LogP contribution is 2.39.